The molecule has 1 aromatic carbocycles. The van der Waals surface area contributed by atoms with Gasteiger partial charge in [0.25, 0.3) is 5.91 Å². The summed E-state index contributed by atoms with van der Waals surface area (Å²) in [6, 6.07) is 3.46. The molecule has 1 aromatic rings. The molecule has 1 amide bonds. The van der Waals surface area contributed by atoms with Gasteiger partial charge in [0.2, 0.25) is 0 Å². The first-order valence-electron chi connectivity index (χ1n) is 7.02. The lowest BCUT2D eigenvalue weighted by Gasteiger charge is -2.22. The highest BCUT2D eigenvalue weighted by atomic mass is 19.4. The summed E-state index contributed by atoms with van der Waals surface area (Å²) in [5.74, 6) is -0.0172. The Balaban J connectivity index is 2.18. The second-order valence-electron chi connectivity index (χ2n) is 5.60. The Morgan fingerprint density at radius 3 is 2.52 bits per heavy atom. The van der Waals surface area contributed by atoms with Crippen molar-refractivity contribution >= 4 is 11.6 Å². The fourth-order valence-corrected chi connectivity index (χ4v) is 2.87. The lowest BCUT2D eigenvalue weighted by molar-refractivity contribution is -0.136. The van der Waals surface area contributed by atoms with Crippen molar-refractivity contribution in [3.05, 3.63) is 29.3 Å². The summed E-state index contributed by atoms with van der Waals surface area (Å²) >= 11 is 0. The number of nitrogens with zero attached hydrogens (tertiary/aromatic N) is 1. The highest BCUT2D eigenvalue weighted by Gasteiger charge is 2.34. The molecule has 0 aromatic heterocycles. The Hall–Kier alpha value is -1.72. The zero-order chi connectivity index (χ0) is 15.6. The van der Waals surface area contributed by atoms with Gasteiger partial charge in [-0.2, -0.15) is 13.2 Å². The van der Waals surface area contributed by atoms with Gasteiger partial charge in [-0.25, -0.2) is 0 Å². The van der Waals surface area contributed by atoms with Crippen LogP contribution < -0.4 is 5.73 Å². The molecule has 6 heteroatoms. The van der Waals surface area contributed by atoms with E-state index in [0.29, 0.717) is 12.5 Å². The molecule has 0 atom stereocenters. The fraction of sp³-hybridized carbons (Fsp3) is 0.533. The summed E-state index contributed by atoms with van der Waals surface area (Å²) in [6.45, 7) is 0.564. The Morgan fingerprint density at radius 2 is 1.95 bits per heavy atom. The van der Waals surface area contributed by atoms with E-state index in [1.807, 2.05) is 0 Å². The molecule has 1 aliphatic rings. The van der Waals surface area contributed by atoms with E-state index >= 15 is 0 Å². The Labute approximate surface area is 121 Å². The van der Waals surface area contributed by atoms with E-state index in [0.717, 1.165) is 31.7 Å². The number of para-hydroxylation sites is 1. The lowest BCUT2D eigenvalue weighted by atomic mass is 10.0. The molecular weight excluding hydrogens is 281 g/mol. The monoisotopic (exact) mass is 300 g/mol. The van der Waals surface area contributed by atoms with Gasteiger partial charge in [-0.05, 0) is 30.9 Å². The van der Waals surface area contributed by atoms with E-state index in [2.05, 4.69) is 0 Å². The number of anilines is 1. The normalized spacial score (nSPS) is 16.2. The lowest BCUT2D eigenvalue weighted by Crippen LogP contribution is -2.32. The van der Waals surface area contributed by atoms with Crippen molar-refractivity contribution < 1.29 is 18.0 Å². The summed E-state index contributed by atoms with van der Waals surface area (Å²) < 4.78 is 38.4. The van der Waals surface area contributed by atoms with Crippen LogP contribution in [0.25, 0.3) is 0 Å². The molecule has 0 saturated heterocycles. The van der Waals surface area contributed by atoms with Gasteiger partial charge in [-0.1, -0.05) is 18.9 Å². The molecule has 1 fully saturated rings. The molecule has 0 bridgehead atoms. The molecule has 0 radical (unpaired) electrons. The number of hydrogen-bond acceptors (Lipinski definition) is 2. The molecule has 21 heavy (non-hydrogen) atoms. The Kier molecular flexibility index (Phi) is 4.44. The molecule has 2 N–H and O–H groups in total. The van der Waals surface area contributed by atoms with E-state index in [1.54, 1.807) is 7.05 Å². The first-order chi connectivity index (χ1) is 9.80. The third-order valence-electron chi connectivity index (χ3n) is 4.00. The predicted octanol–water partition coefficient (Wildman–Crippen LogP) is 3.55. The molecule has 1 saturated carbocycles. The average Bonchev–Trinajstić information content (AvgIpc) is 2.89. The third-order valence-corrected chi connectivity index (χ3v) is 4.00. The summed E-state index contributed by atoms with van der Waals surface area (Å²) in [4.78, 5) is 13.8. The number of benzene rings is 1. The highest BCUT2D eigenvalue weighted by molar-refractivity contribution is 5.99. The van der Waals surface area contributed by atoms with E-state index < -0.39 is 23.3 Å². The first-order valence-corrected chi connectivity index (χ1v) is 7.02. The van der Waals surface area contributed by atoms with Crippen LogP contribution in [-0.2, 0) is 6.18 Å². The maximum Gasteiger partial charge on any atom is 0.418 e. The van der Waals surface area contributed by atoms with Crippen molar-refractivity contribution in [2.75, 3.05) is 19.3 Å². The standard InChI is InChI=1S/C15H19F3N2O/c1-20(9-10-5-2-3-6-10)14(21)11-7-4-8-12(13(11)19)15(16,17)18/h4,7-8,10H,2-3,5-6,9,19H2,1H3. The number of rotatable bonds is 3. The number of alkyl halides is 3. The maximum absolute atomic E-state index is 12.8. The molecule has 116 valence electrons. The van der Waals surface area contributed by atoms with E-state index in [9.17, 15) is 18.0 Å². The highest BCUT2D eigenvalue weighted by Crippen LogP contribution is 2.35. The molecule has 2 rings (SSSR count). The third kappa shape index (κ3) is 3.49. The fourth-order valence-electron chi connectivity index (χ4n) is 2.87. The van der Waals surface area contributed by atoms with Crippen LogP contribution in [0.1, 0.15) is 41.6 Å². The number of nitrogen functional groups attached to an aromatic ring is 1. The minimum absolute atomic E-state index is 0.0784. The van der Waals surface area contributed by atoms with E-state index in [-0.39, 0.29) is 5.56 Å². The largest absolute Gasteiger partial charge is 0.418 e. The number of halogens is 3. The van der Waals surface area contributed by atoms with Crippen molar-refractivity contribution in [1.82, 2.24) is 4.90 Å². The van der Waals surface area contributed by atoms with Gasteiger partial charge in [-0.3, -0.25) is 4.79 Å². The molecule has 0 aliphatic heterocycles. The summed E-state index contributed by atoms with van der Waals surface area (Å²) in [7, 11) is 1.61. The maximum atomic E-state index is 12.8. The van der Waals surface area contributed by atoms with Crippen molar-refractivity contribution in [1.29, 1.82) is 0 Å². The summed E-state index contributed by atoms with van der Waals surface area (Å²) in [5.41, 5.74) is 4.02. The van der Waals surface area contributed by atoms with Crippen LogP contribution in [0.5, 0.6) is 0 Å². The second kappa shape index (κ2) is 5.95. The van der Waals surface area contributed by atoms with Gasteiger partial charge in [0.1, 0.15) is 0 Å². The number of hydrogen-bond donors (Lipinski definition) is 1. The SMILES string of the molecule is CN(CC1CCCC1)C(=O)c1cccc(C(F)(F)F)c1N. The number of carbonyl (C=O) groups excluding carboxylic acids is 1. The van der Waals surface area contributed by atoms with Crippen molar-refractivity contribution in [2.45, 2.75) is 31.9 Å². The number of carbonyl (C=O) groups is 1. The van der Waals surface area contributed by atoms with Crippen LogP contribution in [0, 0.1) is 5.92 Å². The van der Waals surface area contributed by atoms with Crippen LogP contribution in [-0.4, -0.2) is 24.4 Å². The van der Waals surface area contributed by atoms with E-state index in [1.165, 1.54) is 17.0 Å². The molecule has 0 spiro atoms. The second-order valence-corrected chi connectivity index (χ2v) is 5.60. The minimum Gasteiger partial charge on any atom is -0.398 e. The zero-order valence-corrected chi connectivity index (χ0v) is 11.9. The molecular formula is C15H19F3N2O. The molecule has 0 unspecified atom stereocenters. The van der Waals surface area contributed by atoms with Gasteiger partial charge in [0.15, 0.2) is 0 Å². The first kappa shape index (κ1) is 15.7. The van der Waals surface area contributed by atoms with Gasteiger partial charge in [-0.15, -0.1) is 0 Å². The molecule has 0 heterocycles. The van der Waals surface area contributed by atoms with Gasteiger partial charge in [0.05, 0.1) is 16.8 Å². The molecule has 3 nitrogen and oxygen atoms in total. The van der Waals surface area contributed by atoms with Crippen LogP contribution in [0.3, 0.4) is 0 Å². The molecule has 1 aliphatic carbocycles. The van der Waals surface area contributed by atoms with E-state index in [4.69, 9.17) is 5.73 Å². The quantitative estimate of drug-likeness (QED) is 0.868. The van der Waals surface area contributed by atoms with Gasteiger partial charge >= 0.3 is 6.18 Å². The Bertz CT molecular complexity index is 522. The minimum atomic E-state index is -4.55. The smallest absolute Gasteiger partial charge is 0.398 e. The van der Waals surface area contributed by atoms with Crippen molar-refractivity contribution in [3.63, 3.8) is 0 Å². The number of amides is 1. The summed E-state index contributed by atoms with van der Waals surface area (Å²) in [5, 5.41) is 0. The van der Waals surface area contributed by atoms with Crippen LogP contribution in [0.2, 0.25) is 0 Å². The van der Waals surface area contributed by atoms with Crippen molar-refractivity contribution in [3.8, 4) is 0 Å². The van der Waals surface area contributed by atoms with Crippen LogP contribution >= 0.6 is 0 Å². The van der Waals surface area contributed by atoms with Crippen molar-refractivity contribution in [2.24, 2.45) is 5.92 Å². The average molecular weight is 300 g/mol. The van der Waals surface area contributed by atoms with Gasteiger partial charge in [0, 0.05) is 13.6 Å². The summed E-state index contributed by atoms with van der Waals surface area (Å²) in [6.07, 6.45) is -0.118. The topological polar surface area (TPSA) is 46.3 Å². The van der Waals surface area contributed by atoms with Crippen LogP contribution in [0.4, 0.5) is 18.9 Å². The number of nitrogens with two attached hydrogens (primary N) is 1. The van der Waals surface area contributed by atoms with Gasteiger partial charge < -0.3 is 10.6 Å². The zero-order valence-electron chi connectivity index (χ0n) is 11.9. The van der Waals surface area contributed by atoms with Crippen LogP contribution in [0.15, 0.2) is 18.2 Å². The Morgan fingerprint density at radius 1 is 1.33 bits per heavy atom. The predicted molar refractivity (Wildman–Crippen MR) is 74.8 cm³/mol.